The molecular formula is C17H25NO. The maximum absolute atomic E-state index is 5.94. The molecule has 1 atom stereocenters. The predicted molar refractivity (Wildman–Crippen MR) is 78.6 cm³/mol. The fourth-order valence-corrected chi connectivity index (χ4v) is 3.15. The minimum atomic E-state index is 0.474. The van der Waals surface area contributed by atoms with Crippen LogP contribution in [0, 0.1) is 12.3 Å². The zero-order valence-electron chi connectivity index (χ0n) is 12.2. The van der Waals surface area contributed by atoms with E-state index in [2.05, 4.69) is 37.4 Å². The van der Waals surface area contributed by atoms with Crippen molar-refractivity contribution in [1.29, 1.82) is 0 Å². The first-order valence-electron chi connectivity index (χ1n) is 7.70. The number of nitrogens with one attached hydrogen (secondary N) is 1. The molecule has 0 bridgehead atoms. The molecule has 104 valence electrons. The van der Waals surface area contributed by atoms with E-state index in [-0.39, 0.29) is 0 Å². The Morgan fingerprint density at radius 1 is 1.37 bits per heavy atom. The highest BCUT2D eigenvalue weighted by Crippen LogP contribution is 2.48. The van der Waals surface area contributed by atoms with Crippen LogP contribution in [-0.4, -0.2) is 13.2 Å². The molecule has 1 unspecified atom stereocenters. The molecule has 2 nitrogen and oxygen atoms in total. The molecule has 2 aliphatic rings. The van der Waals surface area contributed by atoms with E-state index >= 15 is 0 Å². The molecule has 0 amide bonds. The summed E-state index contributed by atoms with van der Waals surface area (Å²) >= 11 is 0. The number of ether oxygens (including phenoxy) is 1. The predicted octanol–water partition coefficient (Wildman–Crippen LogP) is 3.99. The summed E-state index contributed by atoms with van der Waals surface area (Å²) in [7, 11) is 0. The quantitative estimate of drug-likeness (QED) is 0.883. The van der Waals surface area contributed by atoms with Crippen molar-refractivity contribution in [2.45, 2.75) is 52.0 Å². The Hall–Kier alpha value is -1.02. The first-order chi connectivity index (χ1) is 9.24. The third-order valence-corrected chi connectivity index (χ3v) is 4.93. The van der Waals surface area contributed by atoms with Crippen molar-refractivity contribution in [3.05, 3.63) is 29.3 Å². The zero-order valence-corrected chi connectivity index (χ0v) is 12.2. The summed E-state index contributed by atoms with van der Waals surface area (Å²) in [5.74, 6) is 1.12. The summed E-state index contributed by atoms with van der Waals surface area (Å²) < 4.78 is 5.94. The third-order valence-electron chi connectivity index (χ3n) is 4.93. The highest BCUT2D eigenvalue weighted by Gasteiger charge is 2.40. The average Bonchev–Trinajstić information content (AvgIpc) is 3.21. The summed E-state index contributed by atoms with van der Waals surface area (Å²) in [4.78, 5) is 0. The highest BCUT2D eigenvalue weighted by molar-refractivity contribution is 5.43. The number of rotatable bonds is 4. The van der Waals surface area contributed by atoms with Crippen LogP contribution >= 0.6 is 0 Å². The van der Waals surface area contributed by atoms with Crippen LogP contribution in [-0.2, 0) is 0 Å². The van der Waals surface area contributed by atoms with Crippen LogP contribution in [0.4, 0.5) is 0 Å². The van der Waals surface area contributed by atoms with Crippen molar-refractivity contribution in [2.75, 3.05) is 13.2 Å². The van der Waals surface area contributed by atoms with E-state index in [1.807, 2.05) is 0 Å². The Morgan fingerprint density at radius 2 is 2.21 bits per heavy atom. The molecule has 0 radical (unpaired) electrons. The van der Waals surface area contributed by atoms with Gasteiger partial charge in [-0.3, -0.25) is 0 Å². The molecule has 1 saturated carbocycles. The van der Waals surface area contributed by atoms with Gasteiger partial charge in [-0.25, -0.2) is 0 Å². The fourth-order valence-electron chi connectivity index (χ4n) is 3.15. The number of aryl methyl sites for hydroxylation is 1. The second kappa shape index (κ2) is 5.16. The number of benzene rings is 1. The SMILES string of the molecule is CCC1(CNC2CCCOc3c(C)cccc32)CC1. The first kappa shape index (κ1) is 13.0. The Balaban J connectivity index is 1.76. The minimum absolute atomic E-state index is 0.474. The largest absolute Gasteiger partial charge is 0.493 e. The van der Waals surface area contributed by atoms with Gasteiger partial charge < -0.3 is 10.1 Å². The lowest BCUT2D eigenvalue weighted by Crippen LogP contribution is -2.28. The van der Waals surface area contributed by atoms with E-state index in [0.29, 0.717) is 11.5 Å². The molecule has 0 aromatic heterocycles. The van der Waals surface area contributed by atoms with Crippen LogP contribution in [0.25, 0.3) is 0 Å². The number of hydrogen-bond donors (Lipinski definition) is 1. The summed E-state index contributed by atoms with van der Waals surface area (Å²) in [6.07, 6.45) is 6.45. The van der Waals surface area contributed by atoms with Gasteiger partial charge in [-0.15, -0.1) is 0 Å². The van der Waals surface area contributed by atoms with Crippen LogP contribution in [0.15, 0.2) is 18.2 Å². The highest BCUT2D eigenvalue weighted by atomic mass is 16.5. The Morgan fingerprint density at radius 3 is 2.95 bits per heavy atom. The molecule has 0 spiro atoms. The molecule has 3 rings (SSSR count). The second-order valence-electron chi connectivity index (χ2n) is 6.27. The Bertz CT molecular complexity index is 451. The van der Waals surface area contributed by atoms with E-state index in [9.17, 15) is 0 Å². The lowest BCUT2D eigenvalue weighted by Gasteiger charge is -2.22. The normalized spacial score (nSPS) is 24.2. The summed E-state index contributed by atoms with van der Waals surface area (Å²) in [6.45, 7) is 6.50. The van der Waals surface area contributed by atoms with E-state index in [4.69, 9.17) is 4.74 Å². The van der Waals surface area contributed by atoms with Crippen molar-refractivity contribution in [2.24, 2.45) is 5.41 Å². The van der Waals surface area contributed by atoms with Gasteiger partial charge in [0.1, 0.15) is 5.75 Å². The van der Waals surface area contributed by atoms with E-state index in [1.54, 1.807) is 0 Å². The lowest BCUT2D eigenvalue weighted by atomic mass is 9.97. The van der Waals surface area contributed by atoms with Crippen molar-refractivity contribution in [1.82, 2.24) is 5.32 Å². The van der Waals surface area contributed by atoms with Gasteiger partial charge in [-0.05, 0) is 50.0 Å². The topological polar surface area (TPSA) is 21.3 Å². The van der Waals surface area contributed by atoms with Gasteiger partial charge in [-0.1, -0.05) is 25.1 Å². The summed E-state index contributed by atoms with van der Waals surface area (Å²) in [5, 5.41) is 3.82. The van der Waals surface area contributed by atoms with Gasteiger partial charge in [-0.2, -0.15) is 0 Å². The number of hydrogen-bond acceptors (Lipinski definition) is 2. The van der Waals surface area contributed by atoms with Crippen LogP contribution in [0.5, 0.6) is 5.75 Å². The molecule has 1 heterocycles. The maximum atomic E-state index is 5.94. The van der Waals surface area contributed by atoms with Gasteiger partial charge in [0.15, 0.2) is 0 Å². The van der Waals surface area contributed by atoms with Gasteiger partial charge in [0.25, 0.3) is 0 Å². The maximum Gasteiger partial charge on any atom is 0.126 e. The molecule has 0 saturated heterocycles. The van der Waals surface area contributed by atoms with Gasteiger partial charge in [0, 0.05) is 18.2 Å². The molecule has 1 N–H and O–H groups in total. The fraction of sp³-hybridized carbons (Fsp3) is 0.647. The zero-order chi connectivity index (χ0) is 13.3. The monoisotopic (exact) mass is 259 g/mol. The van der Waals surface area contributed by atoms with Crippen molar-refractivity contribution in [3.63, 3.8) is 0 Å². The average molecular weight is 259 g/mol. The summed E-state index contributed by atoms with van der Waals surface area (Å²) in [6, 6.07) is 7.01. The van der Waals surface area contributed by atoms with Crippen LogP contribution < -0.4 is 10.1 Å². The number of fused-ring (bicyclic) bond motifs is 1. The first-order valence-corrected chi connectivity index (χ1v) is 7.70. The Labute approximate surface area is 116 Å². The van der Waals surface area contributed by atoms with E-state index in [1.165, 1.54) is 43.4 Å². The molecule has 1 aliphatic heterocycles. The van der Waals surface area contributed by atoms with Crippen LogP contribution in [0.2, 0.25) is 0 Å². The third kappa shape index (κ3) is 2.64. The number of para-hydroxylation sites is 1. The molecule has 1 aromatic carbocycles. The summed E-state index contributed by atoms with van der Waals surface area (Å²) in [5.41, 5.74) is 3.24. The van der Waals surface area contributed by atoms with Gasteiger partial charge in [0.2, 0.25) is 0 Å². The smallest absolute Gasteiger partial charge is 0.126 e. The Kier molecular flexibility index (Phi) is 3.53. The van der Waals surface area contributed by atoms with Crippen molar-refractivity contribution in [3.8, 4) is 5.75 Å². The van der Waals surface area contributed by atoms with Gasteiger partial charge in [0.05, 0.1) is 6.61 Å². The molecular weight excluding hydrogens is 234 g/mol. The lowest BCUT2D eigenvalue weighted by molar-refractivity contribution is 0.312. The second-order valence-corrected chi connectivity index (χ2v) is 6.27. The van der Waals surface area contributed by atoms with Crippen molar-refractivity contribution >= 4 is 0 Å². The van der Waals surface area contributed by atoms with Crippen LogP contribution in [0.3, 0.4) is 0 Å². The molecule has 1 fully saturated rings. The van der Waals surface area contributed by atoms with E-state index < -0.39 is 0 Å². The molecule has 19 heavy (non-hydrogen) atoms. The van der Waals surface area contributed by atoms with Gasteiger partial charge >= 0.3 is 0 Å². The van der Waals surface area contributed by atoms with E-state index in [0.717, 1.165) is 18.8 Å². The standard InChI is InChI=1S/C17H25NO/c1-3-17(9-10-17)12-18-15-8-5-11-19-16-13(2)6-4-7-14(15)16/h4,6-7,15,18H,3,5,8-12H2,1-2H3. The molecule has 2 heteroatoms. The minimum Gasteiger partial charge on any atom is -0.493 e. The van der Waals surface area contributed by atoms with Crippen molar-refractivity contribution < 1.29 is 4.74 Å². The molecule has 1 aliphatic carbocycles. The van der Waals surface area contributed by atoms with Crippen LogP contribution in [0.1, 0.15) is 56.2 Å². The molecule has 1 aromatic rings.